The minimum absolute atomic E-state index is 0.0270. The average Bonchev–Trinajstić information content (AvgIpc) is 2.83. The van der Waals surface area contributed by atoms with Crippen molar-refractivity contribution >= 4 is 11.7 Å². The van der Waals surface area contributed by atoms with E-state index in [0.717, 1.165) is 25.7 Å². The first-order valence-electron chi connectivity index (χ1n) is 6.08. The van der Waals surface area contributed by atoms with E-state index in [0.29, 0.717) is 18.3 Å². The highest BCUT2D eigenvalue weighted by molar-refractivity contribution is 5.94. The maximum Gasteiger partial charge on any atom is 0.233 e. The maximum absolute atomic E-state index is 12.3. The summed E-state index contributed by atoms with van der Waals surface area (Å²) in [5.74, 6) is 1.12. The predicted octanol–water partition coefficient (Wildman–Crippen LogP) is 1.77. The zero-order valence-electron chi connectivity index (χ0n) is 10.1. The van der Waals surface area contributed by atoms with Crippen LogP contribution in [0.2, 0.25) is 0 Å². The standard InChI is InChI=1S/C12H19N3O2/c1-9-2-5-12(8-13,6-3-9)11(16)14-10-4-7-17-15-10/h4,7,9H,2-3,5-6,8,13H2,1H3,(H,14,15,16). The third-order valence-electron chi connectivity index (χ3n) is 3.78. The lowest BCUT2D eigenvalue weighted by Crippen LogP contribution is -2.44. The van der Waals surface area contributed by atoms with Gasteiger partial charge in [-0.2, -0.15) is 0 Å². The molecule has 1 aliphatic carbocycles. The smallest absolute Gasteiger partial charge is 0.233 e. The third-order valence-corrected chi connectivity index (χ3v) is 3.78. The van der Waals surface area contributed by atoms with Crippen molar-refractivity contribution in [3.8, 4) is 0 Å². The Morgan fingerprint density at radius 1 is 1.65 bits per heavy atom. The highest BCUT2D eigenvalue weighted by Crippen LogP contribution is 2.38. The minimum Gasteiger partial charge on any atom is -0.363 e. The van der Waals surface area contributed by atoms with E-state index in [9.17, 15) is 4.79 Å². The summed E-state index contributed by atoms with van der Waals surface area (Å²) in [7, 11) is 0. The zero-order valence-corrected chi connectivity index (χ0v) is 10.1. The summed E-state index contributed by atoms with van der Waals surface area (Å²) in [5.41, 5.74) is 5.38. The lowest BCUT2D eigenvalue weighted by atomic mass is 9.70. The molecule has 1 amide bonds. The lowest BCUT2D eigenvalue weighted by Gasteiger charge is -2.36. The molecule has 17 heavy (non-hydrogen) atoms. The molecule has 1 aromatic heterocycles. The van der Waals surface area contributed by atoms with Crippen molar-refractivity contribution in [3.05, 3.63) is 12.3 Å². The molecular formula is C12H19N3O2. The summed E-state index contributed by atoms with van der Waals surface area (Å²) >= 11 is 0. The van der Waals surface area contributed by atoms with E-state index in [1.165, 1.54) is 6.26 Å². The number of hydrogen-bond donors (Lipinski definition) is 2. The number of nitrogens with zero attached hydrogens (tertiary/aromatic N) is 1. The van der Waals surface area contributed by atoms with Crippen LogP contribution in [0.15, 0.2) is 16.9 Å². The fourth-order valence-corrected chi connectivity index (χ4v) is 2.36. The van der Waals surface area contributed by atoms with E-state index in [2.05, 4.69) is 17.4 Å². The number of nitrogens with two attached hydrogens (primary N) is 1. The number of amides is 1. The predicted molar refractivity (Wildman–Crippen MR) is 64.3 cm³/mol. The van der Waals surface area contributed by atoms with Gasteiger partial charge >= 0.3 is 0 Å². The van der Waals surface area contributed by atoms with Gasteiger partial charge in [-0.25, -0.2) is 0 Å². The topological polar surface area (TPSA) is 81.2 Å². The zero-order chi connectivity index (χ0) is 12.3. The summed E-state index contributed by atoms with van der Waals surface area (Å²) in [4.78, 5) is 12.3. The summed E-state index contributed by atoms with van der Waals surface area (Å²) in [6, 6.07) is 1.63. The molecular weight excluding hydrogens is 218 g/mol. The quantitative estimate of drug-likeness (QED) is 0.839. The summed E-state index contributed by atoms with van der Waals surface area (Å²) in [6.45, 7) is 2.61. The van der Waals surface area contributed by atoms with Gasteiger partial charge in [0.1, 0.15) is 6.26 Å². The number of nitrogens with one attached hydrogen (secondary N) is 1. The number of rotatable bonds is 3. The van der Waals surface area contributed by atoms with E-state index in [1.807, 2.05) is 0 Å². The molecule has 1 aliphatic rings. The van der Waals surface area contributed by atoms with Crippen molar-refractivity contribution in [2.45, 2.75) is 32.6 Å². The van der Waals surface area contributed by atoms with Crippen LogP contribution in [0.3, 0.4) is 0 Å². The van der Waals surface area contributed by atoms with Crippen molar-refractivity contribution in [1.82, 2.24) is 5.16 Å². The maximum atomic E-state index is 12.3. The van der Waals surface area contributed by atoms with Crippen LogP contribution in [-0.2, 0) is 4.79 Å². The van der Waals surface area contributed by atoms with Crippen molar-refractivity contribution in [1.29, 1.82) is 0 Å². The first-order chi connectivity index (χ1) is 8.16. The monoisotopic (exact) mass is 237 g/mol. The Hall–Kier alpha value is -1.36. The third kappa shape index (κ3) is 2.49. The van der Waals surface area contributed by atoms with Crippen LogP contribution in [-0.4, -0.2) is 17.6 Å². The number of carbonyl (C=O) groups is 1. The molecule has 1 fully saturated rings. The van der Waals surface area contributed by atoms with E-state index in [4.69, 9.17) is 10.3 Å². The Kier molecular flexibility index (Phi) is 3.47. The van der Waals surface area contributed by atoms with Gasteiger partial charge in [0.05, 0.1) is 5.41 Å². The number of carbonyl (C=O) groups excluding carboxylic acids is 1. The van der Waals surface area contributed by atoms with E-state index in [1.54, 1.807) is 6.07 Å². The van der Waals surface area contributed by atoms with Crippen molar-refractivity contribution < 1.29 is 9.32 Å². The summed E-state index contributed by atoms with van der Waals surface area (Å²) in [6.07, 6.45) is 5.27. The molecule has 0 radical (unpaired) electrons. The molecule has 1 saturated carbocycles. The second-order valence-electron chi connectivity index (χ2n) is 5.01. The second-order valence-corrected chi connectivity index (χ2v) is 5.01. The van der Waals surface area contributed by atoms with Crippen molar-refractivity contribution in [2.75, 3.05) is 11.9 Å². The molecule has 0 saturated heterocycles. The largest absolute Gasteiger partial charge is 0.363 e. The van der Waals surface area contributed by atoms with Crippen molar-refractivity contribution in [3.63, 3.8) is 0 Å². The fourth-order valence-electron chi connectivity index (χ4n) is 2.36. The highest BCUT2D eigenvalue weighted by Gasteiger charge is 2.40. The van der Waals surface area contributed by atoms with Crippen LogP contribution in [0.5, 0.6) is 0 Å². The van der Waals surface area contributed by atoms with Gasteiger partial charge in [0.25, 0.3) is 0 Å². The van der Waals surface area contributed by atoms with E-state index >= 15 is 0 Å². The van der Waals surface area contributed by atoms with Crippen LogP contribution in [0.1, 0.15) is 32.6 Å². The molecule has 0 aromatic carbocycles. The lowest BCUT2D eigenvalue weighted by molar-refractivity contribution is -0.127. The van der Waals surface area contributed by atoms with Gasteiger partial charge in [-0.05, 0) is 31.6 Å². The van der Waals surface area contributed by atoms with E-state index in [-0.39, 0.29) is 5.91 Å². The van der Waals surface area contributed by atoms with Crippen LogP contribution >= 0.6 is 0 Å². The van der Waals surface area contributed by atoms with Gasteiger partial charge in [0.2, 0.25) is 5.91 Å². The molecule has 3 N–H and O–H groups in total. The highest BCUT2D eigenvalue weighted by atomic mass is 16.5. The summed E-state index contributed by atoms with van der Waals surface area (Å²) in [5, 5.41) is 6.46. The van der Waals surface area contributed by atoms with Gasteiger partial charge in [0.15, 0.2) is 5.82 Å². The van der Waals surface area contributed by atoms with Crippen LogP contribution in [0, 0.1) is 11.3 Å². The number of hydrogen-bond acceptors (Lipinski definition) is 4. The average molecular weight is 237 g/mol. The normalized spacial score (nSPS) is 28.9. The first kappa shape index (κ1) is 12.1. The Labute approximate surface area is 101 Å². The number of anilines is 1. The Bertz CT molecular complexity index is 367. The molecule has 5 heteroatoms. The number of aromatic nitrogens is 1. The van der Waals surface area contributed by atoms with Crippen LogP contribution in [0.25, 0.3) is 0 Å². The molecule has 0 spiro atoms. The van der Waals surface area contributed by atoms with Gasteiger partial charge in [-0.1, -0.05) is 12.1 Å². The van der Waals surface area contributed by atoms with Gasteiger partial charge < -0.3 is 15.6 Å². The van der Waals surface area contributed by atoms with Crippen molar-refractivity contribution in [2.24, 2.45) is 17.1 Å². The Balaban J connectivity index is 2.05. The SMILES string of the molecule is CC1CCC(CN)(C(=O)Nc2ccon2)CC1. The molecule has 1 aromatic rings. The summed E-state index contributed by atoms with van der Waals surface area (Å²) < 4.78 is 4.69. The molecule has 0 unspecified atom stereocenters. The molecule has 5 nitrogen and oxygen atoms in total. The molecule has 2 rings (SSSR count). The molecule has 0 atom stereocenters. The van der Waals surface area contributed by atoms with Gasteiger partial charge in [-0.3, -0.25) is 4.79 Å². The first-order valence-corrected chi connectivity index (χ1v) is 6.08. The molecule has 1 heterocycles. The van der Waals surface area contributed by atoms with Gasteiger partial charge in [0, 0.05) is 12.6 Å². The molecule has 0 bridgehead atoms. The Morgan fingerprint density at radius 3 is 2.88 bits per heavy atom. The van der Waals surface area contributed by atoms with E-state index < -0.39 is 5.41 Å². The molecule has 0 aliphatic heterocycles. The second kappa shape index (κ2) is 4.87. The molecule has 94 valence electrons. The van der Waals surface area contributed by atoms with Crippen LogP contribution in [0.4, 0.5) is 5.82 Å². The van der Waals surface area contributed by atoms with Gasteiger partial charge in [-0.15, -0.1) is 0 Å². The fraction of sp³-hybridized carbons (Fsp3) is 0.667. The van der Waals surface area contributed by atoms with Crippen LogP contribution < -0.4 is 11.1 Å². The Morgan fingerprint density at radius 2 is 2.35 bits per heavy atom. The minimum atomic E-state index is -0.425.